The smallest absolute Gasteiger partial charge is 0.224 e. The number of aromatic amines is 1. The van der Waals surface area contributed by atoms with E-state index in [9.17, 15) is 4.79 Å². The SMILES string of the molecule is CCN1CCC[C@@H]1CNC(=O)[C@@H]1CCCN(c2ncnc3nc[nH]c23)C1. The normalized spacial score (nSPS) is 24.3. The third-order valence-corrected chi connectivity index (χ3v) is 5.71. The lowest BCUT2D eigenvalue weighted by Gasteiger charge is -2.33. The fourth-order valence-corrected chi connectivity index (χ4v) is 4.28. The summed E-state index contributed by atoms with van der Waals surface area (Å²) < 4.78 is 0. The predicted octanol–water partition coefficient (Wildman–Crippen LogP) is 1.17. The van der Waals surface area contributed by atoms with E-state index in [0.717, 1.165) is 50.4 Å². The van der Waals surface area contributed by atoms with Gasteiger partial charge in [0.1, 0.15) is 11.8 Å². The van der Waals surface area contributed by atoms with Gasteiger partial charge in [0.25, 0.3) is 0 Å². The Balaban J connectivity index is 1.39. The van der Waals surface area contributed by atoms with Crippen LogP contribution in [-0.2, 0) is 4.79 Å². The average Bonchev–Trinajstić information content (AvgIpc) is 3.34. The molecule has 0 radical (unpaired) electrons. The van der Waals surface area contributed by atoms with Crippen LogP contribution in [-0.4, -0.2) is 69.5 Å². The molecule has 8 nitrogen and oxygen atoms in total. The van der Waals surface area contributed by atoms with Crippen molar-refractivity contribution in [1.29, 1.82) is 0 Å². The monoisotopic (exact) mass is 357 g/mol. The number of likely N-dealkylation sites (tertiary alicyclic amines) is 1. The molecule has 140 valence electrons. The van der Waals surface area contributed by atoms with Crippen molar-refractivity contribution in [2.75, 3.05) is 37.6 Å². The van der Waals surface area contributed by atoms with Gasteiger partial charge in [-0.1, -0.05) is 6.92 Å². The minimum absolute atomic E-state index is 0.00756. The molecular formula is C18H27N7O. The summed E-state index contributed by atoms with van der Waals surface area (Å²) in [5.41, 5.74) is 1.51. The lowest BCUT2D eigenvalue weighted by molar-refractivity contribution is -0.125. The molecule has 2 aromatic heterocycles. The number of likely N-dealkylation sites (N-methyl/N-ethyl adjacent to an activating group) is 1. The molecule has 0 saturated carbocycles. The fraction of sp³-hybridized carbons (Fsp3) is 0.667. The number of carbonyl (C=O) groups excluding carboxylic acids is 1. The maximum absolute atomic E-state index is 12.7. The molecule has 2 atom stereocenters. The zero-order valence-corrected chi connectivity index (χ0v) is 15.3. The third-order valence-electron chi connectivity index (χ3n) is 5.71. The first kappa shape index (κ1) is 17.2. The van der Waals surface area contributed by atoms with Crippen LogP contribution in [0.1, 0.15) is 32.6 Å². The van der Waals surface area contributed by atoms with E-state index < -0.39 is 0 Å². The molecule has 0 spiro atoms. The minimum atomic E-state index is 0.00756. The van der Waals surface area contributed by atoms with Gasteiger partial charge in [-0.25, -0.2) is 15.0 Å². The summed E-state index contributed by atoms with van der Waals surface area (Å²) >= 11 is 0. The van der Waals surface area contributed by atoms with Gasteiger partial charge < -0.3 is 15.2 Å². The first-order valence-electron chi connectivity index (χ1n) is 9.67. The van der Waals surface area contributed by atoms with Gasteiger partial charge in [-0.2, -0.15) is 0 Å². The van der Waals surface area contributed by atoms with Gasteiger partial charge in [0.05, 0.1) is 12.2 Å². The Morgan fingerprint density at radius 3 is 3.04 bits per heavy atom. The van der Waals surface area contributed by atoms with Crippen molar-refractivity contribution in [3.8, 4) is 0 Å². The van der Waals surface area contributed by atoms with Gasteiger partial charge in [-0.15, -0.1) is 0 Å². The van der Waals surface area contributed by atoms with Crippen LogP contribution in [0.2, 0.25) is 0 Å². The van der Waals surface area contributed by atoms with E-state index in [1.165, 1.54) is 12.8 Å². The van der Waals surface area contributed by atoms with E-state index in [1.54, 1.807) is 12.7 Å². The molecule has 4 heterocycles. The van der Waals surface area contributed by atoms with Crippen molar-refractivity contribution >= 4 is 22.9 Å². The number of rotatable bonds is 5. The van der Waals surface area contributed by atoms with Gasteiger partial charge in [-0.3, -0.25) is 9.69 Å². The number of anilines is 1. The lowest BCUT2D eigenvalue weighted by atomic mass is 9.97. The van der Waals surface area contributed by atoms with Crippen LogP contribution in [0.15, 0.2) is 12.7 Å². The molecule has 4 rings (SSSR count). The number of carbonyl (C=O) groups is 1. The van der Waals surface area contributed by atoms with Gasteiger partial charge >= 0.3 is 0 Å². The first-order chi connectivity index (χ1) is 12.8. The second-order valence-electron chi connectivity index (χ2n) is 7.25. The summed E-state index contributed by atoms with van der Waals surface area (Å²) in [5.74, 6) is 1.03. The van der Waals surface area contributed by atoms with Crippen LogP contribution in [0.5, 0.6) is 0 Å². The molecule has 8 heteroatoms. The number of hydrogen-bond acceptors (Lipinski definition) is 6. The number of nitrogens with zero attached hydrogens (tertiary/aromatic N) is 5. The molecule has 2 saturated heterocycles. The molecule has 2 aliphatic rings. The van der Waals surface area contributed by atoms with Crippen molar-refractivity contribution in [3.63, 3.8) is 0 Å². The van der Waals surface area contributed by atoms with Gasteiger partial charge in [-0.05, 0) is 38.8 Å². The van der Waals surface area contributed by atoms with E-state index in [1.807, 2.05) is 0 Å². The van der Waals surface area contributed by atoms with Crippen LogP contribution >= 0.6 is 0 Å². The largest absolute Gasteiger partial charge is 0.354 e. The molecule has 0 aliphatic carbocycles. The van der Waals surface area contributed by atoms with E-state index in [4.69, 9.17) is 0 Å². The maximum Gasteiger partial charge on any atom is 0.224 e. The highest BCUT2D eigenvalue weighted by atomic mass is 16.1. The Morgan fingerprint density at radius 1 is 1.27 bits per heavy atom. The lowest BCUT2D eigenvalue weighted by Crippen LogP contribution is -2.46. The van der Waals surface area contributed by atoms with Crippen LogP contribution in [0.3, 0.4) is 0 Å². The first-order valence-corrected chi connectivity index (χ1v) is 9.67. The Morgan fingerprint density at radius 2 is 2.15 bits per heavy atom. The van der Waals surface area contributed by atoms with E-state index in [2.05, 4.69) is 42.0 Å². The highest BCUT2D eigenvalue weighted by Crippen LogP contribution is 2.26. The van der Waals surface area contributed by atoms with Crippen LogP contribution in [0.25, 0.3) is 11.2 Å². The average molecular weight is 357 g/mol. The summed E-state index contributed by atoms with van der Waals surface area (Å²) in [6.45, 7) is 6.77. The topological polar surface area (TPSA) is 90.0 Å². The van der Waals surface area contributed by atoms with Crippen LogP contribution in [0, 0.1) is 5.92 Å². The summed E-state index contributed by atoms with van der Waals surface area (Å²) in [7, 11) is 0. The number of aromatic nitrogens is 4. The second kappa shape index (κ2) is 7.57. The molecule has 0 bridgehead atoms. The molecule has 2 aliphatic heterocycles. The molecule has 2 fully saturated rings. The number of H-pyrrole nitrogens is 1. The molecule has 26 heavy (non-hydrogen) atoms. The second-order valence-corrected chi connectivity index (χ2v) is 7.25. The molecule has 0 aromatic carbocycles. The number of nitrogens with one attached hydrogen (secondary N) is 2. The Labute approximate surface area is 153 Å². The molecule has 2 aromatic rings. The van der Waals surface area contributed by atoms with Gasteiger partial charge in [0, 0.05) is 25.7 Å². The highest BCUT2D eigenvalue weighted by Gasteiger charge is 2.29. The Hall–Kier alpha value is -2.22. The van der Waals surface area contributed by atoms with Crippen LogP contribution in [0.4, 0.5) is 5.82 Å². The number of fused-ring (bicyclic) bond motifs is 1. The van der Waals surface area contributed by atoms with E-state index in [0.29, 0.717) is 18.2 Å². The highest BCUT2D eigenvalue weighted by molar-refractivity contribution is 5.84. The summed E-state index contributed by atoms with van der Waals surface area (Å²) in [6.07, 6.45) is 7.52. The maximum atomic E-state index is 12.7. The van der Waals surface area contributed by atoms with Crippen molar-refractivity contribution < 1.29 is 4.79 Å². The quantitative estimate of drug-likeness (QED) is 0.835. The van der Waals surface area contributed by atoms with Crippen molar-refractivity contribution in [2.45, 2.75) is 38.6 Å². The van der Waals surface area contributed by atoms with Crippen molar-refractivity contribution in [2.24, 2.45) is 5.92 Å². The summed E-state index contributed by atoms with van der Waals surface area (Å²) in [4.78, 5) is 33.3. The number of hydrogen-bond donors (Lipinski definition) is 2. The van der Waals surface area contributed by atoms with E-state index in [-0.39, 0.29) is 11.8 Å². The van der Waals surface area contributed by atoms with Crippen molar-refractivity contribution in [3.05, 3.63) is 12.7 Å². The number of piperidine rings is 1. The van der Waals surface area contributed by atoms with Gasteiger partial charge in [0.15, 0.2) is 11.5 Å². The third kappa shape index (κ3) is 3.38. The summed E-state index contributed by atoms with van der Waals surface area (Å²) in [5, 5.41) is 3.20. The Kier molecular flexibility index (Phi) is 5.01. The van der Waals surface area contributed by atoms with Crippen LogP contribution < -0.4 is 10.2 Å². The standard InChI is InChI=1S/C18H27N7O/c1-2-24-7-4-6-14(24)9-19-18(26)13-5-3-8-25(10-13)17-15-16(21-11-20-15)22-12-23-17/h11-14H,2-10H2,1H3,(H,19,26)(H,20,21,22,23)/t13-,14-/m1/s1. The van der Waals surface area contributed by atoms with E-state index >= 15 is 0 Å². The Bertz CT molecular complexity index is 761. The molecule has 2 N–H and O–H groups in total. The van der Waals surface area contributed by atoms with Crippen molar-refractivity contribution in [1.82, 2.24) is 30.2 Å². The number of imidazole rings is 1. The summed E-state index contributed by atoms with van der Waals surface area (Å²) in [6, 6.07) is 0.495. The predicted molar refractivity (Wildman–Crippen MR) is 99.9 cm³/mol. The number of amides is 1. The molecule has 0 unspecified atom stereocenters. The molecular weight excluding hydrogens is 330 g/mol. The molecule has 1 amide bonds. The zero-order chi connectivity index (χ0) is 17.9. The fourth-order valence-electron chi connectivity index (χ4n) is 4.28. The van der Waals surface area contributed by atoms with Gasteiger partial charge in [0.2, 0.25) is 5.91 Å². The zero-order valence-electron chi connectivity index (χ0n) is 15.3. The minimum Gasteiger partial charge on any atom is -0.354 e.